The number of aromatic nitrogens is 3. The van der Waals surface area contributed by atoms with Crippen molar-refractivity contribution >= 4 is 28.2 Å². The molecular formula is C14H14N4OS2. The lowest BCUT2D eigenvalue weighted by molar-refractivity contribution is 0.530. The maximum Gasteiger partial charge on any atom is 0.206 e. The van der Waals surface area contributed by atoms with Crippen molar-refractivity contribution in [3.8, 4) is 11.3 Å². The second kappa shape index (κ2) is 6.73. The molecule has 0 spiro atoms. The Balaban J connectivity index is 1.62. The summed E-state index contributed by atoms with van der Waals surface area (Å²) in [6, 6.07) is 9.95. The second-order valence-corrected chi connectivity index (χ2v) is 6.38. The minimum Gasteiger partial charge on any atom is -0.440 e. The summed E-state index contributed by atoms with van der Waals surface area (Å²) in [6.07, 6.45) is 1.76. The zero-order valence-electron chi connectivity index (χ0n) is 11.4. The number of hydrogen-bond donors (Lipinski definition) is 1. The van der Waals surface area contributed by atoms with Crippen molar-refractivity contribution in [2.75, 3.05) is 11.9 Å². The molecule has 0 amide bonds. The fraction of sp³-hybridized carbons (Fsp3) is 0.214. The van der Waals surface area contributed by atoms with Crippen LogP contribution in [0.15, 0.2) is 45.3 Å². The topological polar surface area (TPSA) is 63.8 Å². The van der Waals surface area contributed by atoms with E-state index in [9.17, 15) is 0 Å². The van der Waals surface area contributed by atoms with Crippen LogP contribution in [0.2, 0.25) is 0 Å². The Bertz CT molecular complexity index is 696. The van der Waals surface area contributed by atoms with Crippen LogP contribution in [0.1, 0.15) is 12.8 Å². The molecule has 7 heteroatoms. The van der Waals surface area contributed by atoms with E-state index >= 15 is 0 Å². The lowest BCUT2D eigenvalue weighted by Crippen LogP contribution is -1.94. The molecule has 0 radical (unpaired) electrons. The molecule has 0 saturated heterocycles. The molecule has 3 rings (SSSR count). The predicted molar refractivity (Wildman–Crippen MR) is 85.6 cm³/mol. The average molecular weight is 318 g/mol. The van der Waals surface area contributed by atoms with Crippen LogP contribution >= 0.6 is 23.1 Å². The maximum atomic E-state index is 5.75. The van der Waals surface area contributed by atoms with Gasteiger partial charge in [0.15, 0.2) is 10.1 Å². The van der Waals surface area contributed by atoms with Crippen molar-refractivity contribution in [1.82, 2.24) is 15.2 Å². The zero-order valence-corrected chi connectivity index (χ0v) is 13.1. The van der Waals surface area contributed by atoms with Gasteiger partial charge in [0, 0.05) is 12.1 Å². The van der Waals surface area contributed by atoms with E-state index in [1.54, 1.807) is 29.3 Å². The van der Waals surface area contributed by atoms with Gasteiger partial charge in [-0.2, -0.15) is 0 Å². The molecule has 0 fully saturated rings. The van der Waals surface area contributed by atoms with Gasteiger partial charge in [0.25, 0.3) is 0 Å². The highest BCUT2D eigenvalue weighted by atomic mass is 32.2. The molecule has 1 N–H and O–H groups in total. The van der Waals surface area contributed by atoms with Crippen LogP contribution in [0.5, 0.6) is 0 Å². The molecule has 0 aliphatic rings. The zero-order chi connectivity index (χ0) is 14.5. The van der Waals surface area contributed by atoms with Crippen LogP contribution in [-0.4, -0.2) is 21.7 Å². The number of thioether (sulfide) groups is 1. The van der Waals surface area contributed by atoms with Crippen LogP contribution in [0.3, 0.4) is 0 Å². The molecule has 2 heterocycles. The molecular weight excluding hydrogens is 304 g/mol. The largest absolute Gasteiger partial charge is 0.440 e. The van der Waals surface area contributed by atoms with Gasteiger partial charge in [0.2, 0.25) is 11.0 Å². The summed E-state index contributed by atoms with van der Waals surface area (Å²) in [4.78, 5) is 4.30. The van der Waals surface area contributed by atoms with E-state index in [4.69, 9.17) is 4.42 Å². The van der Waals surface area contributed by atoms with Crippen molar-refractivity contribution in [3.63, 3.8) is 0 Å². The summed E-state index contributed by atoms with van der Waals surface area (Å²) in [6.45, 7) is 2.88. The first kappa shape index (κ1) is 14.1. The molecule has 0 atom stereocenters. The number of benzene rings is 1. The van der Waals surface area contributed by atoms with E-state index in [-0.39, 0.29) is 0 Å². The van der Waals surface area contributed by atoms with Gasteiger partial charge in [-0.25, -0.2) is 4.98 Å². The average Bonchev–Trinajstić information content (AvgIpc) is 3.16. The van der Waals surface area contributed by atoms with E-state index < -0.39 is 0 Å². The Labute approximate surface area is 130 Å². The van der Waals surface area contributed by atoms with Gasteiger partial charge in [-0.1, -0.05) is 53.4 Å². The monoisotopic (exact) mass is 318 g/mol. The predicted octanol–water partition coefficient (Wildman–Crippen LogP) is 3.92. The first-order valence-electron chi connectivity index (χ1n) is 6.55. The fourth-order valence-electron chi connectivity index (χ4n) is 1.73. The van der Waals surface area contributed by atoms with E-state index in [1.165, 1.54) is 0 Å². The van der Waals surface area contributed by atoms with Gasteiger partial charge in [-0.05, 0) is 6.92 Å². The smallest absolute Gasteiger partial charge is 0.206 e. The van der Waals surface area contributed by atoms with Crippen LogP contribution in [-0.2, 0) is 5.75 Å². The number of rotatable bonds is 6. The Hall–Kier alpha value is -1.86. The van der Waals surface area contributed by atoms with Crippen LogP contribution in [0.4, 0.5) is 5.13 Å². The fourth-order valence-corrected chi connectivity index (χ4v) is 3.40. The van der Waals surface area contributed by atoms with Gasteiger partial charge in [-0.3, -0.25) is 0 Å². The van der Waals surface area contributed by atoms with Gasteiger partial charge in [0.1, 0.15) is 0 Å². The molecule has 0 aliphatic carbocycles. The minimum absolute atomic E-state index is 0.646. The number of anilines is 1. The van der Waals surface area contributed by atoms with E-state index in [2.05, 4.69) is 20.5 Å². The Morgan fingerprint density at radius 2 is 2.10 bits per heavy atom. The molecule has 0 bridgehead atoms. The van der Waals surface area contributed by atoms with Crippen LogP contribution in [0.25, 0.3) is 11.3 Å². The second-order valence-electron chi connectivity index (χ2n) is 4.18. The molecule has 21 heavy (non-hydrogen) atoms. The summed E-state index contributed by atoms with van der Waals surface area (Å²) in [7, 11) is 0. The van der Waals surface area contributed by atoms with Crippen molar-refractivity contribution in [3.05, 3.63) is 42.4 Å². The van der Waals surface area contributed by atoms with E-state index in [0.29, 0.717) is 11.6 Å². The van der Waals surface area contributed by atoms with Gasteiger partial charge < -0.3 is 9.73 Å². The van der Waals surface area contributed by atoms with Gasteiger partial charge in [0.05, 0.1) is 11.9 Å². The van der Waals surface area contributed by atoms with Crippen LogP contribution in [0, 0.1) is 0 Å². The van der Waals surface area contributed by atoms with Crippen molar-refractivity contribution in [1.29, 1.82) is 0 Å². The minimum atomic E-state index is 0.646. The molecule has 1 aromatic carbocycles. The van der Waals surface area contributed by atoms with E-state index in [1.807, 2.05) is 37.3 Å². The highest BCUT2D eigenvalue weighted by Gasteiger charge is 2.09. The number of oxazole rings is 1. The Morgan fingerprint density at radius 3 is 2.90 bits per heavy atom. The summed E-state index contributed by atoms with van der Waals surface area (Å²) >= 11 is 3.12. The lowest BCUT2D eigenvalue weighted by atomic mass is 10.2. The third-order valence-corrected chi connectivity index (χ3v) is 4.66. The SMILES string of the molecule is CCNc1nnc(SCc2ncc(-c3ccccc3)o2)s1. The highest BCUT2D eigenvalue weighted by molar-refractivity contribution is 8.00. The molecule has 2 aromatic heterocycles. The summed E-state index contributed by atoms with van der Waals surface area (Å²) in [5.74, 6) is 2.13. The third-order valence-electron chi connectivity index (χ3n) is 2.67. The quantitative estimate of drug-likeness (QED) is 0.695. The number of nitrogens with zero attached hydrogens (tertiary/aromatic N) is 3. The van der Waals surface area contributed by atoms with Gasteiger partial charge in [-0.15, -0.1) is 10.2 Å². The molecule has 3 aromatic rings. The first-order chi connectivity index (χ1) is 10.3. The van der Waals surface area contributed by atoms with Crippen molar-refractivity contribution < 1.29 is 4.42 Å². The maximum absolute atomic E-state index is 5.75. The number of nitrogens with one attached hydrogen (secondary N) is 1. The Morgan fingerprint density at radius 1 is 1.24 bits per heavy atom. The number of hydrogen-bond acceptors (Lipinski definition) is 7. The van der Waals surface area contributed by atoms with Crippen molar-refractivity contribution in [2.45, 2.75) is 17.0 Å². The van der Waals surface area contributed by atoms with Gasteiger partial charge >= 0.3 is 0 Å². The summed E-state index contributed by atoms with van der Waals surface area (Å²) < 4.78 is 6.66. The standard InChI is InChI=1S/C14H14N4OS2/c1-2-15-13-17-18-14(21-13)20-9-12-16-8-11(19-12)10-6-4-3-5-7-10/h3-8H,2,9H2,1H3,(H,15,17). The summed E-state index contributed by atoms with van der Waals surface area (Å²) in [5, 5.41) is 12.2. The molecule has 0 aliphatic heterocycles. The highest BCUT2D eigenvalue weighted by Crippen LogP contribution is 2.29. The molecule has 0 saturated carbocycles. The Kier molecular flexibility index (Phi) is 4.52. The molecule has 108 valence electrons. The first-order valence-corrected chi connectivity index (χ1v) is 8.35. The lowest BCUT2D eigenvalue weighted by Gasteiger charge is -1.95. The summed E-state index contributed by atoms with van der Waals surface area (Å²) in [5.41, 5.74) is 1.03. The normalized spacial score (nSPS) is 10.7. The van der Waals surface area contributed by atoms with Crippen LogP contribution < -0.4 is 5.32 Å². The van der Waals surface area contributed by atoms with Crippen molar-refractivity contribution in [2.24, 2.45) is 0 Å². The molecule has 0 unspecified atom stereocenters. The molecule has 5 nitrogen and oxygen atoms in total. The van der Waals surface area contributed by atoms with E-state index in [0.717, 1.165) is 27.3 Å². The third kappa shape index (κ3) is 3.62.